The zero-order chi connectivity index (χ0) is 93.0. The minimum atomic E-state index is -3.43. The van der Waals surface area contributed by atoms with E-state index in [1.807, 2.05) is 128 Å². The summed E-state index contributed by atoms with van der Waals surface area (Å²) in [5, 5.41) is 22.1. The van der Waals surface area contributed by atoms with Crippen molar-refractivity contribution >= 4 is 121 Å². The van der Waals surface area contributed by atoms with Crippen molar-refractivity contribution in [2.75, 3.05) is 43.7 Å². The monoisotopic (exact) mass is 1840 g/mol. The van der Waals surface area contributed by atoms with Crippen LogP contribution in [-0.4, -0.2) is 148 Å². The van der Waals surface area contributed by atoms with Gasteiger partial charge in [0.2, 0.25) is 11.8 Å². The van der Waals surface area contributed by atoms with Crippen LogP contribution in [0.3, 0.4) is 0 Å². The predicted molar refractivity (Wildman–Crippen MR) is 491 cm³/mol. The number of carbonyl (C=O) groups excluding carboxylic acids is 9. The molecule has 0 radical (unpaired) electrons. The summed E-state index contributed by atoms with van der Waals surface area (Å²) < 4.78 is 113. The summed E-state index contributed by atoms with van der Waals surface area (Å²) in [6, 6.07) is 36.9. The van der Waals surface area contributed by atoms with Crippen LogP contribution in [0.1, 0.15) is 221 Å². The van der Waals surface area contributed by atoms with Gasteiger partial charge in [0, 0.05) is 140 Å². The van der Waals surface area contributed by atoms with Gasteiger partial charge in [0.25, 0.3) is 0 Å². The molecular weight excluding hydrogens is 1700 g/mol. The zero-order valence-electron chi connectivity index (χ0n) is 76.7. The van der Waals surface area contributed by atoms with Gasteiger partial charge in [0.15, 0.2) is 44.8 Å². The van der Waals surface area contributed by atoms with Gasteiger partial charge >= 0.3 is 26.5 Å². The molecule has 0 aromatic heterocycles. The summed E-state index contributed by atoms with van der Waals surface area (Å²) in [6.45, 7) is 19.6. The Labute approximate surface area is 762 Å². The number of allylic oxidation sites excluding steroid dienone is 1. The van der Waals surface area contributed by atoms with E-state index in [9.17, 15) is 86.6 Å². The van der Waals surface area contributed by atoms with Crippen LogP contribution in [0.5, 0.6) is 0 Å². The summed E-state index contributed by atoms with van der Waals surface area (Å²) in [5.74, 6) is -0.261. The minimum absolute atomic E-state index is 0. The molecule has 5 aromatic carbocycles. The van der Waals surface area contributed by atoms with Crippen molar-refractivity contribution in [1.29, 1.82) is 0 Å². The summed E-state index contributed by atoms with van der Waals surface area (Å²) in [7, 11) is -16.4. The zero-order valence-corrected chi connectivity index (χ0v) is 80.9. The molecule has 2 N–H and O–H groups in total. The van der Waals surface area contributed by atoms with Crippen LogP contribution in [0.25, 0.3) is 21.5 Å². The van der Waals surface area contributed by atoms with Gasteiger partial charge in [-0.15, -0.1) is 0 Å². The maximum Gasteiger partial charge on any atom is 1.00 e. The van der Waals surface area contributed by atoms with Gasteiger partial charge in [-0.1, -0.05) is 183 Å². The van der Waals surface area contributed by atoms with Crippen molar-refractivity contribution in [3.63, 3.8) is 0 Å². The summed E-state index contributed by atoms with van der Waals surface area (Å²) >= 11 is 0. The fourth-order valence-electron chi connectivity index (χ4n) is 16.8. The second-order valence-corrected chi connectivity index (χ2v) is 46.5. The largest absolute Gasteiger partial charge is 1.00 e. The number of ketones is 6. The molecule has 0 aliphatic heterocycles. The van der Waals surface area contributed by atoms with Crippen LogP contribution in [0.2, 0.25) is 0 Å². The Hall–Kier alpha value is -6.80. The van der Waals surface area contributed by atoms with E-state index in [1.165, 1.54) is 24.0 Å². The minimum Gasteiger partial charge on any atom is -0.723 e. The third-order valence-electron chi connectivity index (χ3n) is 23.2. The first-order valence-electron chi connectivity index (χ1n) is 44.2. The topological polar surface area (TPSA) is 382 Å². The molecule has 2 unspecified atom stereocenters. The third kappa shape index (κ3) is 42.0. The van der Waals surface area contributed by atoms with E-state index in [2.05, 4.69) is 58.0 Å². The van der Waals surface area contributed by atoms with Crippen LogP contribution in [0, 0.1) is 76.9 Å². The van der Waals surface area contributed by atoms with E-state index in [0.717, 1.165) is 133 Å². The van der Waals surface area contributed by atoms with Crippen LogP contribution in [0.15, 0.2) is 138 Å². The van der Waals surface area contributed by atoms with Crippen LogP contribution in [0.4, 0.5) is 0 Å². The fraction of sp³-hybridized carbons (Fsp3) is 0.594. The van der Waals surface area contributed by atoms with E-state index in [0.29, 0.717) is 75.8 Å². The average Bonchev–Trinajstić information content (AvgIpc) is 1.61. The Kier molecular flexibility index (Phi) is 48.5. The molecule has 5 saturated carbocycles. The molecule has 30 heteroatoms. The molecule has 694 valence electrons. The van der Waals surface area contributed by atoms with Gasteiger partial charge in [-0.25, -0.2) is 33.7 Å². The normalized spacial score (nSPS) is 20.3. The maximum absolute atomic E-state index is 13.6. The Morgan fingerprint density at radius 3 is 1.27 bits per heavy atom. The van der Waals surface area contributed by atoms with Crippen molar-refractivity contribution in [3.05, 3.63) is 155 Å². The molecule has 24 nitrogen and oxygen atoms in total. The van der Waals surface area contributed by atoms with E-state index in [1.54, 1.807) is 19.9 Å². The molecule has 10 rings (SSSR count). The SMILES string of the molecule is CC(C)C[C@H](CC(=O)[C@@H](C)Cc1cccc2ccccc12)C(=O)N[C@@H](C[C@@H]1CCCC1=O)C1CC1S(C)(=O)=O.CC(C)C[C@H](CC(=O)[C@@H](C)Cc1cccc2ccccc12)C(=O)N[C@H](/C=C/S(C)(=O)=O)C[C@@H]1CCCC1=O.CCOP(=O)(CS(C)(=O)=O)OCC.C[C@H](/C=C/S(C)(=O)=O)C[C@@H]1CCCC1=O.C[C@H](C=O)C[C@@H]1CCCC1=O.[Li+].[O-]OCc1ccccc1. The standard InChI is InChI=1S/C32H43NO5S.C31H41NO5S.C11H18O3S.C9H14O2.C7H8O2.C6H15O5PS.Li/c1-20(2)15-25(18-30(35)21(3)16-23-11-7-10-22-9-5-6-13-26(22)23)32(36)33-28(17-24-12-8-14-29(24)34)27-19-31(27)39(4,37)38;1-21(2)17-26(20-30(34)22(3)18-24-11-7-10-23-9-5-6-13-28(23)24)31(35)32-27(15-16-38(4,36)37)19-25-12-8-14-29(25)33;1-9(6-7-15(2,13)14)8-10-4-3-5-11(10)12;1-7(6-10)5-8-3-2-4-9(8)11;8-9-6-7-4-2-1-3-5-7;1-4-10-12(7,11-5-2)6-13(3,8)9;/h5-7,9-11,13,20-21,24-25,27-28,31H,8,12,14-19H2,1-4H3,(H,33,36);5-7,9-11,13,15-16,21-22,25-27H,8,12,14,17-20H2,1-4H3,(H,32,35);6-7,9-10H,3-5,8H2,1-2H3;6-8H,2-5H2,1H3;1-5,8H,6H2;4-6H2,1-3H3;/q;;;;;;+1/p-1/b;16-15+;7-6+;;;;/t21-,24-,25+,27?,28-,31?;22-,25-,26+,27+;9-,10+;7-,8-;;;/m0010.../s1. The van der Waals surface area contributed by atoms with E-state index in [-0.39, 0.29) is 158 Å². The number of sulfone groups is 4. The molecule has 5 aromatic rings. The number of rotatable bonds is 41. The second kappa shape index (κ2) is 54.8. The van der Waals surface area contributed by atoms with Crippen molar-refractivity contribution in [1.82, 2.24) is 10.6 Å². The second-order valence-electron chi connectivity index (χ2n) is 35.8. The van der Waals surface area contributed by atoms with Crippen molar-refractivity contribution in [2.45, 2.75) is 241 Å². The Bertz CT molecular complexity index is 4940. The van der Waals surface area contributed by atoms with Crippen molar-refractivity contribution in [3.8, 4) is 0 Å². The number of hydrogen-bond acceptors (Lipinski definition) is 22. The van der Waals surface area contributed by atoms with Gasteiger partial charge in [0.1, 0.15) is 41.0 Å². The number of Topliss-reactive ketones (excluding diaryl/α,β-unsaturated/α-hetero) is 6. The first kappa shape index (κ1) is 112. The van der Waals surface area contributed by atoms with Gasteiger partial charge < -0.3 is 34.6 Å². The maximum atomic E-state index is 13.6. The molecular formula is C96H138LiN2O22PS4. The van der Waals surface area contributed by atoms with Crippen LogP contribution in [-0.2, 0) is 120 Å². The van der Waals surface area contributed by atoms with Gasteiger partial charge in [-0.2, -0.15) is 0 Å². The van der Waals surface area contributed by atoms with Crippen LogP contribution >= 0.6 is 7.60 Å². The van der Waals surface area contributed by atoms with E-state index < -0.39 is 75.6 Å². The van der Waals surface area contributed by atoms with Gasteiger partial charge in [-0.3, -0.25) is 42.9 Å². The first-order chi connectivity index (χ1) is 58.7. The molecule has 5 fully saturated rings. The van der Waals surface area contributed by atoms with Gasteiger partial charge in [0.05, 0.1) is 25.1 Å². The molecule has 5 aliphatic rings. The number of aldehydes is 1. The number of benzene rings is 5. The Balaban J connectivity index is 0.000000349. The smallest absolute Gasteiger partial charge is 0.723 e. The number of nitrogens with one attached hydrogen (secondary N) is 2. The van der Waals surface area contributed by atoms with Crippen molar-refractivity contribution in [2.24, 2.45) is 76.9 Å². The summed E-state index contributed by atoms with van der Waals surface area (Å²) in [6.07, 6.45) is 23.9. The number of fused-ring (bicyclic) bond motifs is 2. The van der Waals surface area contributed by atoms with Gasteiger partial charge in [-0.05, 0) is 185 Å². The molecule has 126 heavy (non-hydrogen) atoms. The summed E-state index contributed by atoms with van der Waals surface area (Å²) in [5.41, 5.74) is 2.59. The van der Waals surface area contributed by atoms with E-state index >= 15 is 0 Å². The molecule has 0 heterocycles. The number of amides is 2. The molecule has 2 amide bonds. The Morgan fingerprint density at radius 1 is 0.508 bits per heavy atom. The average molecular weight is 1840 g/mol. The third-order valence-corrected chi connectivity index (χ3v) is 30.6. The number of carbonyl (C=O) groups is 9. The summed E-state index contributed by atoms with van der Waals surface area (Å²) in [4.78, 5) is 115. The first-order valence-corrected chi connectivity index (χ1v) is 53.8. The molecule has 14 atom stereocenters. The number of hydrogen-bond donors (Lipinski definition) is 2. The quantitative estimate of drug-likeness (QED) is 0.0121. The molecule has 0 bridgehead atoms. The Morgan fingerprint density at radius 2 is 0.897 bits per heavy atom. The molecule has 0 spiro atoms. The molecule has 0 saturated heterocycles. The van der Waals surface area contributed by atoms with E-state index in [4.69, 9.17) is 9.05 Å². The van der Waals surface area contributed by atoms with Crippen LogP contribution < -0.4 is 34.8 Å². The molecule has 5 aliphatic carbocycles. The predicted octanol–water partition coefficient (Wildman–Crippen LogP) is 13.0. The fourth-order valence-corrected chi connectivity index (χ4v) is 23.0. The van der Waals surface area contributed by atoms with Crippen molar-refractivity contribution < 1.29 is 119 Å².